The number of hydrogen-bond acceptors (Lipinski definition) is 3. The van der Waals surface area contributed by atoms with Crippen molar-refractivity contribution in [3.8, 4) is 11.3 Å². The smallest absolute Gasteiger partial charge is 0.217 e. The fourth-order valence-corrected chi connectivity index (χ4v) is 2.83. The Kier molecular flexibility index (Phi) is 4.10. The zero-order valence-electron chi connectivity index (χ0n) is 10.3. The van der Waals surface area contributed by atoms with Crippen LogP contribution in [0.5, 0.6) is 0 Å². The van der Waals surface area contributed by atoms with Crippen molar-refractivity contribution in [2.45, 2.75) is 19.8 Å². The highest BCUT2D eigenvalue weighted by molar-refractivity contribution is 7.09. The molecule has 3 nitrogen and oxygen atoms in total. The van der Waals surface area contributed by atoms with E-state index in [1.807, 2.05) is 37.3 Å². The maximum absolute atomic E-state index is 10.8. The summed E-state index contributed by atoms with van der Waals surface area (Å²) in [5.41, 5.74) is 7.32. The molecule has 0 aliphatic carbocycles. The molecule has 2 N–H and O–H groups in total. The molecule has 1 aromatic carbocycles. The first-order valence-electron chi connectivity index (χ1n) is 5.93. The van der Waals surface area contributed by atoms with Gasteiger partial charge in [0.15, 0.2) is 0 Å². The van der Waals surface area contributed by atoms with Crippen molar-refractivity contribution in [1.29, 1.82) is 0 Å². The predicted molar refractivity (Wildman–Crippen MR) is 74.2 cm³/mol. The van der Waals surface area contributed by atoms with Crippen LogP contribution < -0.4 is 5.73 Å². The molecule has 0 bridgehead atoms. The molecule has 1 atom stereocenters. The minimum atomic E-state index is -0.248. The van der Waals surface area contributed by atoms with Gasteiger partial charge in [0.25, 0.3) is 0 Å². The molecule has 94 valence electrons. The second-order valence-corrected chi connectivity index (χ2v) is 5.41. The number of thiazole rings is 1. The minimum absolute atomic E-state index is 0.247. The molecule has 1 amide bonds. The first-order chi connectivity index (χ1) is 8.65. The standard InChI is InChI=1S/C14H16N2OS/c1-10(7-13(15)17)8-14-16-12(9-18-14)11-5-3-2-4-6-11/h2-6,9-10H,7-8H2,1H3,(H2,15,17)/t10-/m1/s1. The van der Waals surface area contributed by atoms with Gasteiger partial charge in [-0.1, -0.05) is 37.3 Å². The van der Waals surface area contributed by atoms with E-state index < -0.39 is 0 Å². The van der Waals surface area contributed by atoms with Crippen LogP contribution in [0.4, 0.5) is 0 Å². The van der Waals surface area contributed by atoms with Gasteiger partial charge in [-0.2, -0.15) is 0 Å². The molecule has 2 rings (SSSR count). The van der Waals surface area contributed by atoms with Gasteiger partial charge >= 0.3 is 0 Å². The third kappa shape index (κ3) is 3.40. The number of rotatable bonds is 5. The summed E-state index contributed by atoms with van der Waals surface area (Å²) in [6, 6.07) is 10.1. The summed E-state index contributed by atoms with van der Waals surface area (Å²) in [5, 5.41) is 3.12. The van der Waals surface area contributed by atoms with Crippen LogP contribution in [0.1, 0.15) is 18.4 Å². The van der Waals surface area contributed by atoms with Crippen LogP contribution in [0.3, 0.4) is 0 Å². The molecule has 18 heavy (non-hydrogen) atoms. The summed E-state index contributed by atoms with van der Waals surface area (Å²) in [4.78, 5) is 15.4. The van der Waals surface area contributed by atoms with E-state index in [2.05, 4.69) is 10.4 Å². The third-order valence-corrected chi connectivity index (χ3v) is 3.57. The second-order valence-electron chi connectivity index (χ2n) is 4.47. The fraction of sp³-hybridized carbons (Fsp3) is 0.286. The Balaban J connectivity index is 2.05. The van der Waals surface area contributed by atoms with Crippen molar-refractivity contribution >= 4 is 17.2 Å². The Labute approximate surface area is 111 Å². The predicted octanol–water partition coefficient (Wildman–Crippen LogP) is 2.86. The van der Waals surface area contributed by atoms with Crippen molar-refractivity contribution in [2.75, 3.05) is 0 Å². The lowest BCUT2D eigenvalue weighted by Gasteiger charge is -2.05. The molecule has 0 fully saturated rings. The molecule has 1 heterocycles. The zero-order chi connectivity index (χ0) is 13.0. The number of hydrogen-bond donors (Lipinski definition) is 1. The molecule has 0 spiro atoms. The van der Waals surface area contributed by atoms with Crippen molar-refractivity contribution < 1.29 is 4.79 Å². The van der Waals surface area contributed by atoms with Crippen LogP contribution in [-0.2, 0) is 11.2 Å². The van der Waals surface area contributed by atoms with Gasteiger partial charge < -0.3 is 5.73 Å². The Morgan fingerprint density at radius 1 is 1.39 bits per heavy atom. The molecule has 0 radical (unpaired) electrons. The normalized spacial score (nSPS) is 12.3. The average Bonchev–Trinajstić information content (AvgIpc) is 2.77. The largest absolute Gasteiger partial charge is 0.370 e. The highest BCUT2D eigenvalue weighted by atomic mass is 32.1. The second kappa shape index (κ2) is 5.78. The first kappa shape index (κ1) is 12.8. The maximum Gasteiger partial charge on any atom is 0.217 e. The number of nitrogens with two attached hydrogens (primary N) is 1. The summed E-state index contributed by atoms with van der Waals surface area (Å²) in [6.45, 7) is 2.02. The molecular formula is C14H16N2OS. The van der Waals surface area contributed by atoms with Crippen molar-refractivity contribution in [3.05, 3.63) is 40.7 Å². The van der Waals surface area contributed by atoms with Crippen molar-refractivity contribution in [1.82, 2.24) is 4.98 Å². The van der Waals surface area contributed by atoms with E-state index in [0.29, 0.717) is 6.42 Å². The van der Waals surface area contributed by atoms with E-state index in [9.17, 15) is 4.79 Å². The lowest BCUT2D eigenvalue weighted by molar-refractivity contribution is -0.118. The summed E-state index contributed by atoms with van der Waals surface area (Å²) in [5.74, 6) is -0.000359. The lowest BCUT2D eigenvalue weighted by Crippen LogP contribution is -2.15. The molecule has 4 heteroatoms. The third-order valence-electron chi connectivity index (χ3n) is 2.69. The molecular weight excluding hydrogens is 244 g/mol. The molecule has 0 aliphatic rings. The van der Waals surface area contributed by atoms with E-state index in [1.54, 1.807) is 11.3 Å². The minimum Gasteiger partial charge on any atom is -0.370 e. The van der Waals surface area contributed by atoms with Gasteiger partial charge in [-0.15, -0.1) is 11.3 Å². The van der Waals surface area contributed by atoms with Gasteiger partial charge in [0, 0.05) is 23.8 Å². The molecule has 0 aliphatic heterocycles. The highest BCUT2D eigenvalue weighted by Gasteiger charge is 2.10. The van der Waals surface area contributed by atoms with Gasteiger partial charge in [0.2, 0.25) is 5.91 Å². The summed E-state index contributed by atoms with van der Waals surface area (Å²) >= 11 is 1.64. The average molecular weight is 260 g/mol. The number of carbonyl (C=O) groups is 1. The number of carbonyl (C=O) groups excluding carboxylic acids is 1. The Hall–Kier alpha value is -1.68. The first-order valence-corrected chi connectivity index (χ1v) is 6.81. The van der Waals surface area contributed by atoms with Gasteiger partial charge in [0.1, 0.15) is 0 Å². The number of aromatic nitrogens is 1. The van der Waals surface area contributed by atoms with E-state index in [-0.39, 0.29) is 11.8 Å². The lowest BCUT2D eigenvalue weighted by atomic mass is 10.0. The topological polar surface area (TPSA) is 56.0 Å². The van der Waals surface area contributed by atoms with Gasteiger partial charge in [0.05, 0.1) is 10.7 Å². The molecule has 0 saturated carbocycles. The van der Waals surface area contributed by atoms with Gasteiger partial charge in [-0.25, -0.2) is 4.98 Å². The van der Waals surface area contributed by atoms with Crippen molar-refractivity contribution in [2.24, 2.45) is 11.7 Å². The molecule has 2 aromatic rings. The number of benzene rings is 1. The summed E-state index contributed by atoms with van der Waals surface area (Å²) in [7, 11) is 0. The molecule has 1 aromatic heterocycles. The van der Waals surface area contributed by atoms with Crippen LogP contribution in [0.25, 0.3) is 11.3 Å². The summed E-state index contributed by atoms with van der Waals surface area (Å²) in [6.07, 6.45) is 1.22. The maximum atomic E-state index is 10.8. The Morgan fingerprint density at radius 2 is 2.11 bits per heavy atom. The molecule has 0 saturated heterocycles. The Bertz CT molecular complexity index is 522. The van der Waals surface area contributed by atoms with E-state index >= 15 is 0 Å². The van der Waals surface area contributed by atoms with Crippen LogP contribution >= 0.6 is 11.3 Å². The molecule has 0 unspecified atom stereocenters. The van der Waals surface area contributed by atoms with Gasteiger partial charge in [-0.3, -0.25) is 4.79 Å². The zero-order valence-corrected chi connectivity index (χ0v) is 11.1. The number of nitrogens with zero attached hydrogens (tertiary/aromatic N) is 1. The quantitative estimate of drug-likeness (QED) is 0.898. The van der Waals surface area contributed by atoms with Crippen LogP contribution in [0.2, 0.25) is 0 Å². The van der Waals surface area contributed by atoms with Gasteiger partial charge in [-0.05, 0) is 5.92 Å². The van der Waals surface area contributed by atoms with Crippen LogP contribution in [0, 0.1) is 5.92 Å². The van der Waals surface area contributed by atoms with Crippen LogP contribution in [-0.4, -0.2) is 10.9 Å². The Morgan fingerprint density at radius 3 is 2.78 bits per heavy atom. The number of primary amides is 1. The van der Waals surface area contributed by atoms with E-state index in [1.165, 1.54) is 0 Å². The van der Waals surface area contributed by atoms with Crippen LogP contribution in [0.15, 0.2) is 35.7 Å². The monoisotopic (exact) mass is 260 g/mol. The fourth-order valence-electron chi connectivity index (χ4n) is 1.86. The van der Waals surface area contributed by atoms with E-state index in [4.69, 9.17) is 5.73 Å². The number of amides is 1. The SMILES string of the molecule is C[C@H](CC(N)=O)Cc1nc(-c2ccccc2)cs1. The van der Waals surface area contributed by atoms with E-state index in [0.717, 1.165) is 22.7 Å². The summed E-state index contributed by atoms with van der Waals surface area (Å²) < 4.78 is 0. The highest BCUT2D eigenvalue weighted by Crippen LogP contribution is 2.23. The van der Waals surface area contributed by atoms with Crippen molar-refractivity contribution in [3.63, 3.8) is 0 Å².